The van der Waals surface area contributed by atoms with E-state index in [1.54, 1.807) is 36.4 Å². The van der Waals surface area contributed by atoms with Gasteiger partial charge in [0.1, 0.15) is 11.9 Å². The summed E-state index contributed by atoms with van der Waals surface area (Å²) >= 11 is 0. The number of ketones is 1. The Hall–Kier alpha value is -6.73. The molecule has 0 aliphatic rings. The van der Waals surface area contributed by atoms with Crippen molar-refractivity contribution in [2.75, 3.05) is 24.6 Å². The van der Waals surface area contributed by atoms with Gasteiger partial charge in [0, 0.05) is 30.9 Å². The number of anilines is 1. The van der Waals surface area contributed by atoms with Crippen LogP contribution in [0.2, 0.25) is 0 Å². The van der Waals surface area contributed by atoms with Crippen LogP contribution in [0.1, 0.15) is 82.6 Å². The van der Waals surface area contributed by atoms with Gasteiger partial charge in [0.15, 0.2) is 5.78 Å². The van der Waals surface area contributed by atoms with Crippen LogP contribution in [0.5, 0.6) is 5.75 Å². The minimum atomic E-state index is -0.941. The van der Waals surface area contributed by atoms with Gasteiger partial charge in [-0.15, -0.1) is 0 Å². The third kappa shape index (κ3) is 18.8. The van der Waals surface area contributed by atoms with Gasteiger partial charge in [0.25, 0.3) is 0 Å². The van der Waals surface area contributed by atoms with Crippen LogP contribution in [-0.4, -0.2) is 48.6 Å². The number of aliphatic hydroxyl groups is 1. The monoisotopic (exact) mass is 853 g/mol. The lowest BCUT2D eigenvalue weighted by Crippen LogP contribution is -2.25. The lowest BCUT2D eigenvalue weighted by atomic mass is 10.1. The number of ether oxygens (including phenoxy) is 2. The molecule has 0 aliphatic heterocycles. The Labute approximate surface area is 371 Å². The summed E-state index contributed by atoms with van der Waals surface area (Å²) in [6, 6.07) is 27.7. The molecule has 13 nitrogen and oxygen atoms in total. The Morgan fingerprint density at radius 2 is 1.03 bits per heavy atom. The Morgan fingerprint density at radius 3 is 1.57 bits per heavy atom. The summed E-state index contributed by atoms with van der Waals surface area (Å²) in [5, 5.41) is 36.2. The zero-order valence-electron chi connectivity index (χ0n) is 36.3. The number of esters is 2. The molecule has 63 heavy (non-hydrogen) atoms. The van der Waals surface area contributed by atoms with Gasteiger partial charge in [-0.3, -0.25) is 4.79 Å². The molecule has 1 atom stereocenters. The summed E-state index contributed by atoms with van der Waals surface area (Å²) in [4.78, 5) is 36.6. The summed E-state index contributed by atoms with van der Waals surface area (Å²) in [6.07, 6.45) is 14.3. The van der Waals surface area contributed by atoms with Crippen molar-refractivity contribution < 1.29 is 29.0 Å². The predicted octanol–water partition coefficient (Wildman–Crippen LogP) is 13.7. The van der Waals surface area contributed by atoms with E-state index in [4.69, 9.17) is 9.47 Å². The number of aryl methyl sites for hydroxylation is 1. The number of hydrogen-bond donors (Lipinski definition) is 1. The van der Waals surface area contributed by atoms with Crippen LogP contribution >= 0.6 is 0 Å². The number of aliphatic hydroxyl groups excluding tert-OH is 1. The van der Waals surface area contributed by atoms with Crippen molar-refractivity contribution in [3.05, 3.63) is 135 Å². The topological polar surface area (TPSA) is 167 Å². The maximum atomic E-state index is 11.6. The molecule has 0 fully saturated rings. The second-order valence-corrected chi connectivity index (χ2v) is 14.9. The molecule has 4 rings (SSSR count). The smallest absolute Gasteiger partial charge is 0.335 e. The van der Waals surface area contributed by atoms with Crippen LogP contribution < -0.4 is 9.64 Å². The van der Waals surface area contributed by atoms with E-state index in [0.717, 1.165) is 112 Å². The SMILES string of the molecule is C=CC(=O)OCCCCCCCCN(CCCCCCCC(O)C(=O)C=C)c1ccc(N=Nc2ccc(N=Nc3ccc(N=Nc4ccc(OC(=O)C=C)cc4)cc3)c(C)c2)cc1. The summed E-state index contributed by atoms with van der Waals surface area (Å²) < 4.78 is 10.1. The van der Waals surface area contributed by atoms with E-state index < -0.39 is 12.1 Å². The van der Waals surface area contributed by atoms with E-state index in [2.05, 4.69) is 67.5 Å². The van der Waals surface area contributed by atoms with Gasteiger partial charge in [-0.05, 0) is 135 Å². The lowest BCUT2D eigenvalue weighted by molar-refractivity contribution is -0.137. The molecule has 0 aromatic heterocycles. The highest BCUT2D eigenvalue weighted by Gasteiger charge is 2.11. The van der Waals surface area contributed by atoms with E-state index in [1.807, 2.05) is 49.4 Å². The molecule has 0 spiro atoms. The van der Waals surface area contributed by atoms with E-state index in [0.29, 0.717) is 41.5 Å². The molecular formula is C50H59N7O6. The fourth-order valence-corrected chi connectivity index (χ4v) is 6.37. The van der Waals surface area contributed by atoms with Crippen molar-refractivity contribution in [1.82, 2.24) is 0 Å². The van der Waals surface area contributed by atoms with E-state index >= 15 is 0 Å². The minimum Gasteiger partial charge on any atom is -0.463 e. The average molecular weight is 854 g/mol. The largest absolute Gasteiger partial charge is 0.463 e. The Kier molecular flexibility index (Phi) is 21.7. The Morgan fingerprint density at radius 1 is 0.571 bits per heavy atom. The van der Waals surface area contributed by atoms with Crippen LogP contribution in [0.25, 0.3) is 0 Å². The van der Waals surface area contributed by atoms with Crippen molar-refractivity contribution in [3.63, 3.8) is 0 Å². The quantitative estimate of drug-likeness (QED) is 0.0186. The van der Waals surface area contributed by atoms with Crippen molar-refractivity contribution in [3.8, 4) is 5.75 Å². The Balaban J connectivity index is 1.27. The van der Waals surface area contributed by atoms with Gasteiger partial charge in [0.05, 0.1) is 40.7 Å². The number of benzene rings is 4. The minimum absolute atomic E-state index is 0.309. The number of unbranched alkanes of at least 4 members (excludes halogenated alkanes) is 9. The molecule has 4 aromatic carbocycles. The van der Waals surface area contributed by atoms with Gasteiger partial charge in [0.2, 0.25) is 0 Å². The lowest BCUT2D eigenvalue weighted by Gasteiger charge is -2.25. The standard InChI is InChI=1S/C50H59N7O6/c1-5-47(58)48(59)19-15-11-10-13-17-35-57(34-16-12-8-9-14-18-36-62-49(60)6-2)44-29-24-41(25-30-44)53-55-43-28-33-46(38(4)37-43)56-54-40-22-20-39(21-23-40)51-52-42-26-31-45(32-27-42)63-50(61)7-3/h5-7,20-33,37,48,59H,1-3,8-19,34-36H2,4H3. The average Bonchev–Trinajstić information content (AvgIpc) is 3.31. The maximum Gasteiger partial charge on any atom is 0.335 e. The predicted molar refractivity (Wildman–Crippen MR) is 249 cm³/mol. The number of rotatable bonds is 29. The summed E-state index contributed by atoms with van der Waals surface area (Å²) in [5.41, 5.74) is 6.15. The molecule has 0 bridgehead atoms. The molecule has 330 valence electrons. The van der Waals surface area contributed by atoms with Crippen molar-refractivity contribution in [2.24, 2.45) is 30.7 Å². The maximum absolute atomic E-state index is 11.6. The fourth-order valence-electron chi connectivity index (χ4n) is 6.37. The Bertz CT molecular complexity index is 2170. The van der Waals surface area contributed by atoms with Crippen LogP contribution in [0.3, 0.4) is 0 Å². The first-order valence-electron chi connectivity index (χ1n) is 21.6. The molecule has 0 heterocycles. The normalized spacial score (nSPS) is 11.8. The zero-order chi connectivity index (χ0) is 45.1. The molecular weight excluding hydrogens is 795 g/mol. The number of carbonyl (C=O) groups is 3. The second kappa shape index (κ2) is 28.0. The van der Waals surface area contributed by atoms with Crippen LogP contribution in [0.4, 0.5) is 39.8 Å². The van der Waals surface area contributed by atoms with Crippen molar-refractivity contribution in [1.29, 1.82) is 0 Å². The third-order valence-electron chi connectivity index (χ3n) is 9.97. The molecule has 1 unspecified atom stereocenters. The van der Waals surface area contributed by atoms with Gasteiger partial charge >= 0.3 is 11.9 Å². The van der Waals surface area contributed by atoms with Gasteiger partial charge in [-0.1, -0.05) is 71.1 Å². The van der Waals surface area contributed by atoms with Crippen molar-refractivity contribution >= 4 is 57.5 Å². The number of hydrogen-bond acceptors (Lipinski definition) is 13. The van der Waals surface area contributed by atoms with Crippen LogP contribution in [-0.2, 0) is 19.1 Å². The zero-order valence-corrected chi connectivity index (χ0v) is 36.3. The number of nitrogens with zero attached hydrogens (tertiary/aromatic N) is 7. The third-order valence-corrected chi connectivity index (χ3v) is 9.97. The highest BCUT2D eigenvalue weighted by atomic mass is 16.5. The first-order valence-corrected chi connectivity index (χ1v) is 21.6. The van der Waals surface area contributed by atoms with Gasteiger partial charge in [-0.25, -0.2) is 9.59 Å². The molecule has 0 aliphatic carbocycles. The van der Waals surface area contributed by atoms with Gasteiger partial charge in [-0.2, -0.15) is 30.7 Å². The van der Waals surface area contributed by atoms with Gasteiger partial charge < -0.3 is 19.5 Å². The highest BCUT2D eigenvalue weighted by molar-refractivity contribution is 5.92. The number of carbonyl (C=O) groups excluding carboxylic acids is 3. The number of azo groups is 3. The van der Waals surface area contributed by atoms with E-state index in [1.165, 1.54) is 12.2 Å². The molecule has 1 N–H and O–H groups in total. The van der Waals surface area contributed by atoms with Crippen LogP contribution in [0, 0.1) is 6.92 Å². The molecule has 0 amide bonds. The van der Waals surface area contributed by atoms with Crippen LogP contribution in [0.15, 0.2) is 160 Å². The molecule has 13 heteroatoms. The molecule has 0 saturated carbocycles. The second-order valence-electron chi connectivity index (χ2n) is 14.9. The molecule has 0 saturated heterocycles. The fraction of sp³-hybridized carbons (Fsp3) is 0.340. The summed E-state index contributed by atoms with van der Waals surface area (Å²) in [7, 11) is 0. The summed E-state index contributed by atoms with van der Waals surface area (Å²) in [6.45, 7) is 14.5. The first-order chi connectivity index (χ1) is 30.7. The van der Waals surface area contributed by atoms with E-state index in [9.17, 15) is 19.5 Å². The van der Waals surface area contributed by atoms with E-state index in [-0.39, 0.29) is 11.8 Å². The first kappa shape index (κ1) is 48.9. The molecule has 4 aromatic rings. The summed E-state index contributed by atoms with van der Waals surface area (Å²) in [5.74, 6) is -0.808. The van der Waals surface area contributed by atoms with Crippen molar-refractivity contribution in [2.45, 2.75) is 90.1 Å². The highest BCUT2D eigenvalue weighted by Crippen LogP contribution is 2.29. The molecule has 0 radical (unpaired) electrons.